The van der Waals surface area contributed by atoms with E-state index in [0.717, 1.165) is 0 Å². The van der Waals surface area contributed by atoms with Gasteiger partial charge in [0.15, 0.2) is 0 Å². The number of aromatic amines is 1. The summed E-state index contributed by atoms with van der Waals surface area (Å²) in [5.41, 5.74) is 1.11. The zero-order chi connectivity index (χ0) is 15.9. The van der Waals surface area contributed by atoms with Gasteiger partial charge in [-0.05, 0) is 36.6 Å². The van der Waals surface area contributed by atoms with Crippen molar-refractivity contribution in [3.05, 3.63) is 35.8 Å². The molecule has 5 nitrogen and oxygen atoms in total. The number of aromatic nitrogens is 1. The molecule has 2 heterocycles. The second-order valence-electron chi connectivity index (χ2n) is 5.88. The quantitative estimate of drug-likeness (QED) is 0.895. The molecule has 2 atom stereocenters. The number of nitrogens with one attached hydrogen (secondary N) is 1. The maximum atomic E-state index is 13.2. The number of carboxylic acid groups (broad SMARTS) is 1. The summed E-state index contributed by atoms with van der Waals surface area (Å²) in [6.07, 6.45) is 0.455. The highest BCUT2D eigenvalue weighted by molar-refractivity contribution is 5.98. The third-order valence-corrected chi connectivity index (χ3v) is 4.32. The lowest BCUT2D eigenvalue weighted by Gasteiger charge is -2.34. The van der Waals surface area contributed by atoms with E-state index in [2.05, 4.69) is 4.98 Å². The minimum Gasteiger partial charge on any atom is -0.481 e. The van der Waals surface area contributed by atoms with Gasteiger partial charge in [-0.15, -0.1) is 0 Å². The number of hydrogen-bond acceptors (Lipinski definition) is 2. The van der Waals surface area contributed by atoms with Crippen LogP contribution in [0, 0.1) is 17.7 Å². The lowest BCUT2D eigenvalue weighted by molar-refractivity contribution is -0.145. The highest BCUT2D eigenvalue weighted by atomic mass is 19.1. The zero-order valence-corrected chi connectivity index (χ0v) is 12.2. The van der Waals surface area contributed by atoms with E-state index in [0.29, 0.717) is 36.1 Å². The first kappa shape index (κ1) is 14.6. The van der Waals surface area contributed by atoms with Gasteiger partial charge in [0.25, 0.3) is 5.91 Å². The molecule has 6 heteroatoms. The molecule has 2 N–H and O–H groups in total. The standard InChI is InChI=1S/C16H17FN2O3/c1-9-8-19(5-4-12(9)16(21)22)15(20)14-7-10-6-11(17)2-3-13(10)18-14/h2-3,6-7,9,12,18H,4-5,8H2,1H3,(H,21,22). The van der Waals surface area contributed by atoms with Crippen LogP contribution < -0.4 is 0 Å². The van der Waals surface area contributed by atoms with E-state index in [1.165, 1.54) is 12.1 Å². The van der Waals surface area contributed by atoms with Gasteiger partial charge in [-0.25, -0.2) is 4.39 Å². The van der Waals surface area contributed by atoms with Crippen molar-refractivity contribution < 1.29 is 19.1 Å². The molecule has 0 bridgehead atoms. The van der Waals surface area contributed by atoms with Crippen LogP contribution >= 0.6 is 0 Å². The maximum absolute atomic E-state index is 13.2. The largest absolute Gasteiger partial charge is 0.481 e. The molecule has 1 saturated heterocycles. The summed E-state index contributed by atoms with van der Waals surface area (Å²) in [4.78, 5) is 28.3. The fraction of sp³-hybridized carbons (Fsp3) is 0.375. The Hall–Kier alpha value is -2.37. The summed E-state index contributed by atoms with van der Waals surface area (Å²) in [6.45, 7) is 2.68. The average Bonchev–Trinajstić information content (AvgIpc) is 2.88. The minimum absolute atomic E-state index is 0.0861. The Bertz CT molecular complexity index is 740. The van der Waals surface area contributed by atoms with Crippen LogP contribution in [0.15, 0.2) is 24.3 Å². The highest BCUT2D eigenvalue weighted by Gasteiger charge is 2.33. The molecule has 1 amide bonds. The van der Waals surface area contributed by atoms with E-state index in [4.69, 9.17) is 5.11 Å². The smallest absolute Gasteiger partial charge is 0.306 e. The molecule has 3 rings (SSSR count). The number of benzene rings is 1. The van der Waals surface area contributed by atoms with E-state index in [1.54, 1.807) is 17.0 Å². The van der Waals surface area contributed by atoms with Gasteiger partial charge < -0.3 is 15.0 Å². The Kier molecular flexibility index (Phi) is 3.60. The Morgan fingerprint density at radius 1 is 1.36 bits per heavy atom. The number of likely N-dealkylation sites (tertiary alicyclic amines) is 1. The molecule has 22 heavy (non-hydrogen) atoms. The van der Waals surface area contributed by atoms with Gasteiger partial charge in [0, 0.05) is 24.0 Å². The van der Waals surface area contributed by atoms with Crippen LogP contribution in [0.1, 0.15) is 23.8 Å². The van der Waals surface area contributed by atoms with E-state index in [-0.39, 0.29) is 17.6 Å². The molecule has 1 aliphatic heterocycles. The van der Waals surface area contributed by atoms with E-state index >= 15 is 0 Å². The van der Waals surface area contributed by atoms with Crippen LogP contribution in [0.3, 0.4) is 0 Å². The Labute approximate surface area is 126 Å². The number of H-pyrrole nitrogens is 1. The minimum atomic E-state index is -0.805. The van der Waals surface area contributed by atoms with Gasteiger partial charge >= 0.3 is 5.97 Å². The van der Waals surface area contributed by atoms with Crippen LogP contribution in [0.4, 0.5) is 4.39 Å². The fourth-order valence-corrected chi connectivity index (χ4v) is 3.09. The van der Waals surface area contributed by atoms with Crippen molar-refractivity contribution in [2.24, 2.45) is 11.8 Å². The number of nitrogens with zero attached hydrogens (tertiary/aromatic N) is 1. The Balaban J connectivity index is 1.80. The number of halogens is 1. The maximum Gasteiger partial charge on any atom is 0.306 e. The predicted octanol–water partition coefficient (Wildman–Crippen LogP) is 2.49. The molecule has 0 aliphatic carbocycles. The molecule has 0 saturated carbocycles. The summed E-state index contributed by atoms with van der Waals surface area (Å²) >= 11 is 0. The molecule has 2 unspecified atom stereocenters. The fourth-order valence-electron chi connectivity index (χ4n) is 3.09. The summed E-state index contributed by atoms with van der Waals surface area (Å²) < 4.78 is 13.2. The molecule has 0 spiro atoms. The number of carboxylic acids is 1. The number of amides is 1. The molecule has 1 aliphatic rings. The van der Waals surface area contributed by atoms with Crippen LogP contribution in [-0.2, 0) is 4.79 Å². The number of carbonyl (C=O) groups excluding carboxylic acids is 1. The predicted molar refractivity (Wildman–Crippen MR) is 79.1 cm³/mol. The monoisotopic (exact) mass is 304 g/mol. The molecule has 0 radical (unpaired) electrons. The third kappa shape index (κ3) is 2.56. The topological polar surface area (TPSA) is 73.4 Å². The van der Waals surface area contributed by atoms with Crippen LogP contribution in [-0.4, -0.2) is 40.0 Å². The van der Waals surface area contributed by atoms with Crippen molar-refractivity contribution in [2.45, 2.75) is 13.3 Å². The Morgan fingerprint density at radius 3 is 2.82 bits per heavy atom. The molecule has 1 aromatic carbocycles. The van der Waals surface area contributed by atoms with Crippen LogP contribution in [0.2, 0.25) is 0 Å². The van der Waals surface area contributed by atoms with Crippen molar-refractivity contribution in [1.82, 2.24) is 9.88 Å². The number of rotatable bonds is 2. The normalized spacial score (nSPS) is 22.0. The van der Waals surface area contributed by atoms with Gasteiger partial charge in [-0.3, -0.25) is 9.59 Å². The molecule has 1 aromatic heterocycles. The first-order chi connectivity index (χ1) is 10.5. The van der Waals surface area contributed by atoms with E-state index in [1.807, 2.05) is 6.92 Å². The van der Waals surface area contributed by atoms with Gasteiger partial charge in [-0.1, -0.05) is 6.92 Å². The zero-order valence-electron chi connectivity index (χ0n) is 12.2. The summed E-state index contributed by atoms with van der Waals surface area (Å²) in [7, 11) is 0. The summed E-state index contributed by atoms with van der Waals surface area (Å²) in [5, 5.41) is 9.78. The molecular weight excluding hydrogens is 287 g/mol. The lowest BCUT2D eigenvalue weighted by atomic mass is 9.87. The number of fused-ring (bicyclic) bond motifs is 1. The SMILES string of the molecule is CC1CN(C(=O)c2cc3cc(F)ccc3[nH]2)CCC1C(=O)O. The first-order valence-corrected chi connectivity index (χ1v) is 7.26. The average molecular weight is 304 g/mol. The van der Waals surface area contributed by atoms with Crippen molar-refractivity contribution in [3.8, 4) is 0 Å². The first-order valence-electron chi connectivity index (χ1n) is 7.26. The molecule has 2 aromatic rings. The van der Waals surface area contributed by atoms with Crippen molar-refractivity contribution in [2.75, 3.05) is 13.1 Å². The van der Waals surface area contributed by atoms with E-state index < -0.39 is 11.9 Å². The van der Waals surface area contributed by atoms with Gasteiger partial charge in [0.05, 0.1) is 5.92 Å². The van der Waals surface area contributed by atoms with Gasteiger partial charge in [0.2, 0.25) is 0 Å². The number of carbonyl (C=O) groups is 2. The highest BCUT2D eigenvalue weighted by Crippen LogP contribution is 2.25. The van der Waals surface area contributed by atoms with Gasteiger partial charge in [-0.2, -0.15) is 0 Å². The molecule has 116 valence electrons. The summed E-state index contributed by atoms with van der Waals surface area (Å²) in [6, 6.07) is 5.95. The summed E-state index contributed by atoms with van der Waals surface area (Å²) in [5.74, 6) is -1.81. The van der Waals surface area contributed by atoms with Crippen molar-refractivity contribution >= 4 is 22.8 Å². The van der Waals surface area contributed by atoms with Crippen molar-refractivity contribution in [3.63, 3.8) is 0 Å². The second-order valence-corrected chi connectivity index (χ2v) is 5.88. The number of hydrogen-bond donors (Lipinski definition) is 2. The van der Waals surface area contributed by atoms with E-state index in [9.17, 15) is 14.0 Å². The van der Waals surface area contributed by atoms with Gasteiger partial charge in [0.1, 0.15) is 11.5 Å². The number of piperidine rings is 1. The molecule has 1 fully saturated rings. The van der Waals surface area contributed by atoms with Crippen LogP contribution in [0.5, 0.6) is 0 Å². The second kappa shape index (κ2) is 5.44. The Morgan fingerprint density at radius 2 is 2.14 bits per heavy atom. The van der Waals surface area contributed by atoms with Crippen LogP contribution in [0.25, 0.3) is 10.9 Å². The van der Waals surface area contributed by atoms with Crippen molar-refractivity contribution in [1.29, 1.82) is 0 Å². The number of aliphatic carboxylic acids is 1. The lowest BCUT2D eigenvalue weighted by Crippen LogP contribution is -2.45. The third-order valence-electron chi connectivity index (χ3n) is 4.32. The molecular formula is C16H17FN2O3.